The van der Waals surface area contributed by atoms with E-state index in [1.807, 2.05) is 18.2 Å². The van der Waals surface area contributed by atoms with Gasteiger partial charge in [0.1, 0.15) is 0 Å². The van der Waals surface area contributed by atoms with Gasteiger partial charge in [-0.05, 0) is 6.07 Å². The third kappa shape index (κ3) is 4.06. The van der Waals surface area contributed by atoms with Gasteiger partial charge in [-0.1, -0.05) is 18.2 Å². The van der Waals surface area contributed by atoms with Crippen molar-refractivity contribution in [3.05, 3.63) is 29.8 Å². The van der Waals surface area contributed by atoms with Gasteiger partial charge in [0.25, 0.3) is 0 Å². The van der Waals surface area contributed by atoms with Crippen LogP contribution in [0, 0.1) is 0 Å². The summed E-state index contributed by atoms with van der Waals surface area (Å²) >= 11 is 3.02. The van der Waals surface area contributed by atoms with E-state index >= 15 is 0 Å². The Kier molecular flexibility index (Phi) is 6.71. The van der Waals surface area contributed by atoms with Gasteiger partial charge in [-0.25, -0.2) is 0 Å². The molecule has 0 saturated heterocycles. The Morgan fingerprint density at radius 1 is 1.00 bits per heavy atom. The van der Waals surface area contributed by atoms with Crippen LogP contribution in [0.1, 0.15) is 5.56 Å². The first-order chi connectivity index (χ1) is 8.18. The van der Waals surface area contributed by atoms with Crippen molar-refractivity contribution in [1.82, 2.24) is 0 Å². The highest BCUT2D eigenvalue weighted by Crippen LogP contribution is 2.47. The second kappa shape index (κ2) is 7.52. The third-order valence-electron chi connectivity index (χ3n) is 1.79. The summed E-state index contributed by atoms with van der Waals surface area (Å²) in [5.41, 5.74) is 0.672. The van der Waals surface area contributed by atoms with Crippen LogP contribution in [0.3, 0.4) is 0 Å². The van der Waals surface area contributed by atoms with E-state index in [0.29, 0.717) is 5.56 Å². The van der Waals surface area contributed by atoms with Crippen LogP contribution in [-0.4, -0.2) is 26.4 Å². The Hall–Kier alpha value is 0.110. The van der Waals surface area contributed by atoms with E-state index in [1.54, 1.807) is 13.2 Å². The average molecular weight is 294 g/mol. The maximum Gasteiger partial charge on any atom is 0.235 e. The van der Waals surface area contributed by atoms with Crippen molar-refractivity contribution in [2.75, 3.05) is 21.3 Å². The molecule has 0 aliphatic rings. The van der Waals surface area contributed by atoms with E-state index in [-0.39, 0.29) is 0 Å². The van der Waals surface area contributed by atoms with Crippen molar-refractivity contribution in [3.63, 3.8) is 0 Å². The van der Waals surface area contributed by atoms with Crippen LogP contribution in [-0.2, 0) is 16.8 Å². The van der Waals surface area contributed by atoms with Crippen LogP contribution in [0.4, 0.5) is 0 Å². The molecule has 1 aromatic rings. The fourth-order valence-electron chi connectivity index (χ4n) is 1.22. The lowest BCUT2D eigenvalue weighted by Crippen LogP contribution is -2.18. The molecule has 0 aliphatic heterocycles. The Balaban J connectivity index is 3.08. The molecule has 96 valence electrons. The Morgan fingerprint density at radius 2 is 1.59 bits per heavy atom. The zero-order valence-corrected chi connectivity index (χ0v) is 12.2. The second-order valence-electron chi connectivity index (χ2n) is 2.83. The number of aliphatic hydroxyl groups is 1. The molecule has 0 heterocycles. The smallest absolute Gasteiger partial charge is 0.235 e. The minimum atomic E-state index is -1.33. The average Bonchev–Trinajstić information content (AvgIpc) is 2.31. The molecule has 0 unspecified atom stereocenters. The fourth-order valence-corrected chi connectivity index (χ4v) is 3.47. The van der Waals surface area contributed by atoms with E-state index in [0.717, 1.165) is 29.0 Å². The molecular weight excluding hydrogens is 280 g/mol. The molecule has 0 bridgehead atoms. The molecule has 1 rings (SSSR count). The molecule has 4 nitrogen and oxygen atoms in total. The SMILES string of the molecule is COSc1ccccc1C(O)(SOC)SOC. The van der Waals surface area contributed by atoms with E-state index in [9.17, 15) is 5.11 Å². The highest BCUT2D eigenvalue weighted by molar-refractivity contribution is 8.13. The minimum Gasteiger partial charge on any atom is -0.363 e. The first-order valence-corrected chi connectivity index (χ1v) is 6.86. The molecule has 0 fully saturated rings. The van der Waals surface area contributed by atoms with Gasteiger partial charge < -0.3 is 17.7 Å². The molecular formula is C10H14O4S3. The standard InChI is InChI=1S/C10H14O4S3/c1-12-15-9-7-5-4-6-8(9)10(11,16-13-2)17-14-3/h4-7,11H,1-3H3. The molecule has 0 spiro atoms. The van der Waals surface area contributed by atoms with Crippen molar-refractivity contribution in [1.29, 1.82) is 0 Å². The third-order valence-corrected chi connectivity index (χ3v) is 4.13. The summed E-state index contributed by atoms with van der Waals surface area (Å²) in [5.74, 6) is 0. The van der Waals surface area contributed by atoms with Crippen molar-refractivity contribution >= 4 is 36.1 Å². The van der Waals surface area contributed by atoms with Gasteiger partial charge in [0, 0.05) is 46.6 Å². The molecule has 0 amide bonds. The number of hydrogen-bond donors (Lipinski definition) is 1. The summed E-state index contributed by atoms with van der Waals surface area (Å²) in [7, 11) is 4.57. The Morgan fingerprint density at radius 3 is 2.12 bits per heavy atom. The van der Waals surface area contributed by atoms with Crippen LogP contribution < -0.4 is 0 Å². The molecule has 0 atom stereocenters. The van der Waals surface area contributed by atoms with Gasteiger partial charge in [0.15, 0.2) is 0 Å². The lowest BCUT2D eigenvalue weighted by molar-refractivity contribution is 0.209. The predicted molar refractivity (Wildman–Crippen MR) is 72.4 cm³/mol. The van der Waals surface area contributed by atoms with Crippen LogP contribution in [0.15, 0.2) is 29.2 Å². The number of hydrogen-bond acceptors (Lipinski definition) is 7. The minimum absolute atomic E-state index is 0.672. The largest absolute Gasteiger partial charge is 0.363 e. The van der Waals surface area contributed by atoms with Gasteiger partial charge in [-0.15, -0.1) is 0 Å². The molecule has 0 radical (unpaired) electrons. The fraction of sp³-hybridized carbons (Fsp3) is 0.400. The lowest BCUT2D eigenvalue weighted by atomic mass is 10.2. The first kappa shape index (κ1) is 15.2. The van der Waals surface area contributed by atoms with Crippen LogP contribution >= 0.6 is 36.1 Å². The molecule has 1 aromatic carbocycles. The summed E-state index contributed by atoms with van der Waals surface area (Å²) < 4.78 is 13.6. The zero-order valence-electron chi connectivity index (χ0n) is 9.71. The highest BCUT2D eigenvalue weighted by atomic mass is 32.2. The second-order valence-corrected chi connectivity index (χ2v) is 6.21. The first-order valence-electron chi connectivity index (χ1n) is 4.64. The predicted octanol–water partition coefficient (Wildman–Crippen LogP) is 3.03. The van der Waals surface area contributed by atoms with Crippen LogP contribution in [0.25, 0.3) is 0 Å². The quantitative estimate of drug-likeness (QED) is 0.612. The summed E-state index contributed by atoms with van der Waals surface area (Å²) in [5, 5.41) is 10.5. The van der Waals surface area contributed by atoms with Crippen molar-refractivity contribution in [2.45, 2.75) is 9.16 Å². The summed E-state index contributed by atoms with van der Waals surface area (Å²) in [6.07, 6.45) is 0. The van der Waals surface area contributed by atoms with Crippen molar-refractivity contribution in [3.8, 4) is 0 Å². The Labute approximate surface area is 114 Å². The van der Waals surface area contributed by atoms with Gasteiger partial charge in [0.05, 0.1) is 21.3 Å². The molecule has 0 saturated carbocycles. The van der Waals surface area contributed by atoms with Crippen molar-refractivity contribution in [2.24, 2.45) is 0 Å². The Bertz CT molecular complexity index is 342. The maximum atomic E-state index is 10.5. The van der Waals surface area contributed by atoms with E-state index < -0.39 is 4.27 Å². The topological polar surface area (TPSA) is 47.9 Å². The summed E-state index contributed by atoms with van der Waals surface area (Å²) in [6, 6.07) is 7.38. The molecule has 17 heavy (non-hydrogen) atoms. The molecule has 7 heteroatoms. The van der Waals surface area contributed by atoms with E-state index in [4.69, 9.17) is 12.5 Å². The van der Waals surface area contributed by atoms with Gasteiger partial charge >= 0.3 is 0 Å². The maximum absolute atomic E-state index is 10.5. The molecule has 0 aromatic heterocycles. The van der Waals surface area contributed by atoms with Gasteiger partial charge in [-0.2, -0.15) is 0 Å². The number of benzene rings is 1. The van der Waals surface area contributed by atoms with Crippen molar-refractivity contribution < 1.29 is 17.7 Å². The monoisotopic (exact) mass is 294 g/mol. The summed E-state index contributed by atoms with van der Waals surface area (Å²) in [4.78, 5) is 0.812. The van der Waals surface area contributed by atoms with Gasteiger partial charge in [-0.3, -0.25) is 0 Å². The zero-order chi connectivity index (χ0) is 12.7. The highest BCUT2D eigenvalue weighted by Gasteiger charge is 2.35. The van der Waals surface area contributed by atoms with Crippen LogP contribution in [0.5, 0.6) is 0 Å². The van der Waals surface area contributed by atoms with E-state index in [2.05, 4.69) is 0 Å². The van der Waals surface area contributed by atoms with Gasteiger partial charge in [0.2, 0.25) is 4.27 Å². The number of rotatable bonds is 7. The van der Waals surface area contributed by atoms with E-state index in [1.165, 1.54) is 26.3 Å². The molecule has 1 N–H and O–H groups in total. The normalized spacial score (nSPS) is 11.8. The van der Waals surface area contributed by atoms with Crippen LogP contribution in [0.2, 0.25) is 0 Å². The summed E-state index contributed by atoms with van der Waals surface area (Å²) in [6.45, 7) is 0. The lowest BCUT2D eigenvalue weighted by Gasteiger charge is -2.25. The molecule has 0 aliphatic carbocycles.